The fraction of sp³-hybridized carbons (Fsp3) is 0.350. The highest BCUT2D eigenvalue weighted by Crippen LogP contribution is 2.37. The first kappa shape index (κ1) is 21.3. The number of methoxy groups -OCH3 is 2. The summed E-state index contributed by atoms with van der Waals surface area (Å²) in [5.41, 5.74) is 0.899. The molecule has 3 rings (SSSR count). The van der Waals surface area contributed by atoms with Crippen molar-refractivity contribution in [1.82, 2.24) is 0 Å². The number of carbonyl (C=O) groups is 1. The summed E-state index contributed by atoms with van der Waals surface area (Å²) in [6.45, 7) is 1.77. The van der Waals surface area contributed by atoms with E-state index in [1.807, 2.05) is 0 Å². The highest BCUT2D eigenvalue weighted by atomic mass is 35.5. The largest absolute Gasteiger partial charge is 0.497 e. The van der Waals surface area contributed by atoms with E-state index in [1.54, 1.807) is 43.5 Å². The van der Waals surface area contributed by atoms with Gasteiger partial charge in [0.2, 0.25) is 15.9 Å². The van der Waals surface area contributed by atoms with Gasteiger partial charge in [0.25, 0.3) is 0 Å². The molecule has 0 bridgehead atoms. The Balaban J connectivity index is 1.88. The van der Waals surface area contributed by atoms with Gasteiger partial charge < -0.3 is 14.8 Å². The Kier molecular flexibility index (Phi) is 5.95. The summed E-state index contributed by atoms with van der Waals surface area (Å²) in [5, 5.41) is 3.01. The first-order valence-corrected chi connectivity index (χ1v) is 10.9. The minimum atomic E-state index is -3.96. The predicted octanol–water partition coefficient (Wildman–Crippen LogP) is 3.68. The molecule has 0 saturated carbocycles. The maximum absolute atomic E-state index is 13.4. The molecule has 0 aliphatic carbocycles. The van der Waals surface area contributed by atoms with E-state index in [-0.39, 0.29) is 6.42 Å². The summed E-state index contributed by atoms with van der Waals surface area (Å²) in [5.74, 6) is 0.490. The molecule has 0 unspecified atom stereocenters. The monoisotopic (exact) mass is 438 g/mol. The zero-order valence-electron chi connectivity index (χ0n) is 16.4. The van der Waals surface area contributed by atoms with Crippen LogP contribution in [-0.4, -0.2) is 39.8 Å². The minimum absolute atomic E-state index is 0.220. The summed E-state index contributed by atoms with van der Waals surface area (Å²) < 4.78 is 36.7. The van der Waals surface area contributed by atoms with Gasteiger partial charge in [-0.25, -0.2) is 8.42 Å². The van der Waals surface area contributed by atoms with Gasteiger partial charge >= 0.3 is 0 Å². The second-order valence-electron chi connectivity index (χ2n) is 6.91. The van der Waals surface area contributed by atoms with E-state index in [0.29, 0.717) is 40.9 Å². The second kappa shape index (κ2) is 8.12. The molecule has 29 heavy (non-hydrogen) atoms. The van der Waals surface area contributed by atoms with Crippen LogP contribution in [0.15, 0.2) is 42.5 Å². The van der Waals surface area contributed by atoms with Gasteiger partial charge in [-0.3, -0.25) is 9.10 Å². The van der Waals surface area contributed by atoms with Crippen molar-refractivity contribution in [2.24, 2.45) is 0 Å². The fourth-order valence-corrected chi connectivity index (χ4v) is 5.51. The molecular weight excluding hydrogens is 416 g/mol. The lowest BCUT2D eigenvalue weighted by molar-refractivity contribution is -0.118. The third kappa shape index (κ3) is 3.86. The van der Waals surface area contributed by atoms with Crippen LogP contribution in [-0.2, 0) is 14.8 Å². The molecule has 1 heterocycles. The quantitative estimate of drug-likeness (QED) is 0.769. The molecule has 1 atom stereocenters. The first-order valence-electron chi connectivity index (χ1n) is 9.04. The molecule has 1 saturated heterocycles. The summed E-state index contributed by atoms with van der Waals surface area (Å²) in [7, 11) is -0.926. The van der Waals surface area contributed by atoms with Crippen LogP contribution in [0.1, 0.15) is 19.8 Å². The van der Waals surface area contributed by atoms with Crippen molar-refractivity contribution >= 4 is 38.9 Å². The van der Waals surface area contributed by atoms with E-state index in [1.165, 1.54) is 24.4 Å². The number of amides is 1. The smallest absolute Gasteiger partial charge is 0.249 e. The zero-order valence-corrected chi connectivity index (χ0v) is 18.0. The Morgan fingerprint density at radius 1 is 1.14 bits per heavy atom. The van der Waals surface area contributed by atoms with E-state index < -0.39 is 20.7 Å². The number of ether oxygens (including phenoxy) is 2. The van der Waals surface area contributed by atoms with E-state index in [9.17, 15) is 13.2 Å². The zero-order chi connectivity index (χ0) is 21.2. The van der Waals surface area contributed by atoms with Crippen molar-refractivity contribution in [3.63, 3.8) is 0 Å². The fourth-order valence-electron chi connectivity index (χ4n) is 3.31. The van der Waals surface area contributed by atoms with Gasteiger partial charge in [-0.05, 0) is 62.2 Å². The molecule has 0 radical (unpaired) electrons. The van der Waals surface area contributed by atoms with Crippen LogP contribution < -0.4 is 19.1 Å². The molecule has 2 aromatic rings. The van der Waals surface area contributed by atoms with Gasteiger partial charge in [0, 0.05) is 12.2 Å². The predicted molar refractivity (Wildman–Crippen MR) is 114 cm³/mol. The number of sulfonamides is 1. The number of benzene rings is 2. The van der Waals surface area contributed by atoms with Crippen LogP contribution in [0.3, 0.4) is 0 Å². The maximum atomic E-state index is 13.4. The molecule has 1 aliphatic heterocycles. The maximum Gasteiger partial charge on any atom is 0.249 e. The van der Waals surface area contributed by atoms with Crippen molar-refractivity contribution in [2.45, 2.75) is 24.5 Å². The van der Waals surface area contributed by atoms with Crippen LogP contribution in [0.2, 0.25) is 5.02 Å². The highest BCUT2D eigenvalue weighted by Gasteiger charge is 2.52. The molecule has 1 N–H and O–H groups in total. The molecule has 1 amide bonds. The molecule has 0 spiro atoms. The molecule has 1 aliphatic rings. The lowest BCUT2D eigenvalue weighted by Gasteiger charge is -2.39. The van der Waals surface area contributed by atoms with Gasteiger partial charge in [-0.1, -0.05) is 11.6 Å². The SMILES string of the molecule is COc1ccc(N2CCC[C@](C)(C(=O)Nc3ccc(OC)c(Cl)c3)S2(=O)=O)cc1. The van der Waals surface area contributed by atoms with E-state index in [0.717, 1.165) is 0 Å². The standard InChI is InChI=1S/C20H23ClN2O5S/c1-20(19(24)22-14-5-10-18(28-3)17(21)13-14)11-4-12-23(29(20,25)26)15-6-8-16(27-2)9-7-15/h5-10,13H,4,11-12H2,1-3H3,(H,22,24)/t20-/m1/s1. The molecule has 0 aromatic heterocycles. The molecule has 156 valence electrons. The van der Waals surface area contributed by atoms with Gasteiger partial charge in [0.1, 0.15) is 11.5 Å². The van der Waals surface area contributed by atoms with Crippen LogP contribution in [0, 0.1) is 0 Å². The Labute approximate surface area is 175 Å². The average molecular weight is 439 g/mol. The van der Waals surface area contributed by atoms with Gasteiger partial charge in [0.05, 0.1) is 24.9 Å². The normalized spacial score (nSPS) is 20.8. The van der Waals surface area contributed by atoms with Crippen LogP contribution in [0.5, 0.6) is 11.5 Å². The van der Waals surface area contributed by atoms with Crippen molar-refractivity contribution < 1.29 is 22.7 Å². The number of nitrogens with zero attached hydrogens (tertiary/aromatic N) is 1. The molecule has 9 heteroatoms. The number of anilines is 2. The van der Waals surface area contributed by atoms with Crippen molar-refractivity contribution in [1.29, 1.82) is 0 Å². The Bertz CT molecular complexity index is 1010. The Morgan fingerprint density at radius 2 is 1.83 bits per heavy atom. The molecule has 7 nitrogen and oxygen atoms in total. The third-order valence-corrected chi connectivity index (χ3v) is 7.92. The first-order chi connectivity index (χ1) is 13.7. The highest BCUT2D eigenvalue weighted by molar-refractivity contribution is 7.95. The molecular formula is C20H23ClN2O5S. The number of nitrogens with one attached hydrogen (secondary N) is 1. The summed E-state index contributed by atoms with van der Waals surface area (Å²) >= 11 is 6.10. The number of rotatable bonds is 5. The number of hydrogen-bond donors (Lipinski definition) is 1. The Morgan fingerprint density at radius 3 is 2.41 bits per heavy atom. The van der Waals surface area contributed by atoms with Crippen LogP contribution in [0.4, 0.5) is 11.4 Å². The van der Waals surface area contributed by atoms with E-state index in [4.69, 9.17) is 21.1 Å². The van der Waals surface area contributed by atoms with Gasteiger partial charge in [0.15, 0.2) is 4.75 Å². The lowest BCUT2D eigenvalue weighted by atomic mass is 10.0. The minimum Gasteiger partial charge on any atom is -0.497 e. The van der Waals surface area contributed by atoms with E-state index >= 15 is 0 Å². The topological polar surface area (TPSA) is 84.9 Å². The third-order valence-electron chi connectivity index (χ3n) is 5.12. The van der Waals surface area contributed by atoms with E-state index in [2.05, 4.69) is 5.32 Å². The van der Waals surface area contributed by atoms with Crippen molar-refractivity contribution in [3.8, 4) is 11.5 Å². The molecule has 2 aromatic carbocycles. The van der Waals surface area contributed by atoms with Crippen LogP contribution >= 0.6 is 11.6 Å². The van der Waals surface area contributed by atoms with Gasteiger partial charge in [-0.2, -0.15) is 0 Å². The molecule has 1 fully saturated rings. The van der Waals surface area contributed by atoms with Crippen molar-refractivity contribution in [2.75, 3.05) is 30.4 Å². The average Bonchev–Trinajstić information content (AvgIpc) is 2.70. The van der Waals surface area contributed by atoms with Gasteiger partial charge in [-0.15, -0.1) is 0 Å². The van der Waals surface area contributed by atoms with Crippen LogP contribution in [0.25, 0.3) is 0 Å². The summed E-state index contributed by atoms with van der Waals surface area (Å²) in [6.07, 6.45) is 0.774. The lowest BCUT2D eigenvalue weighted by Crippen LogP contribution is -2.57. The summed E-state index contributed by atoms with van der Waals surface area (Å²) in [6, 6.07) is 11.5. The van der Waals surface area contributed by atoms with Crippen molar-refractivity contribution in [3.05, 3.63) is 47.5 Å². The Hall–Kier alpha value is -2.45. The second-order valence-corrected chi connectivity index (χ2v) is 9.61. The number of halogens is 1. The number of carbonyl (C=O) groups excluding carboxylic acids is 1. The number of hydrogen-bond acceptors (Lipinski definition) is 5. The summed E-state index contributed by atoms with van der Waals surface area (Å²) in [4.78, 5) is 13.0.